The number of aliphatic carboxylic acids is 1. The lowest BCUT2D eigenvalue weighted by Crippen LogP contribution is -2.34. The number of hydrogen-bond donors (Lipinski definition) is 1. The monoisotopic (exact) mass is 279 g/mol. The normalized spacial score (nSPS) is 23.1. The minimum Gasteiger partial charge on any atom is -0.481 e. The van der Waals surface area contributed by atoms with Gasteiger partial charge in [0.25, 0.3) is 0 Å². The zero-order valence-electron chi connectivity index (χ0n) is 12.2. The second-order valence-corrected chi connectivity index (χ2v) is 5.88. The van der Waals surface area contributed by atoms with E-state index in [0.29, 0.717) is 25.1 Å². The first-order chi connectivity index (χ1) is 9.47. The van der Waals surface area contributed by atoms with Crippen LogP contribution in [0.15, 0.2) is 18.2 Å². The van der Waals surface area contributed by atoms with Crippen LogP contribution in [-0.4, -0.2) is 29.1 Å². The highest BCUT2D eigenvalue weighted by molar-refractivity contribution is 5.75. The van der Waals surface area contributed by atoms with Gasteiger partial charge in [-0.1, -0.05) is 25.5 Å². The maximum atomic E-state index is 13.3. The van der Waals surface area contributed by atoms with Crippen LogP contribution in [0.1, 0.15) is 37.3 Å². The summed E-state index contributed by atoms with van der Waals surface area (Å²) in [5, 5.41) is 9.48. The van der Waals surface area contributed by atoms with Gasteiger partial charge in [0.05, 0.1) is 5.41 Å². The van der Waals surface area contributed by atoms with E-state index in [2.05, 4.69) is 4.90 Å². The maximum absolute atomic E-state index is 13.3. The van der Waals surface area contributed by atoms with Crippen LogP contribution in [0.25, 0.3) is 0 Å². The van der Waals surface area contributed by atoms with E-state index in [-0.39, 0.29) is 5.82 Å². The average Bonchev–Trinajstić information content (AvgIpc) is 2.79. The third kappa shape index (κ3) is 3.01. The highest BCUT2D eigenvalue weighted by Gasteiger charge is 2.43. The largest absolute Gasteiger partial charge is 0.481 e. The van der Waals surface area contributed by atoms with E-state index in [1.807, 2.05) is 13.0 Å². The topological polar surface area (TPSA) is 40.5 Å². The summed E-state index contributed by atoms with van der Waals surface area (Å²) in [6, 6.07) is 5.11. The Morgan fingerprint density at radius 1 is 1.50 bits per heavy atom. The predicted octanol–water partition coefficient (Wildman–Crippen LogP) is 3.21. The molecular weight excluding hydrogens is 257 g/mol. The van der Waals surface area contributed by atoms with Crippen LogP contribution in [-0.2, 0) is 11.3 Å². The number of carbonyl (C=O) groups is 1. The van der Waals surface area contributed by atoms with Crippen LogP contribution in [0.5, 0.6) is 0 Å². The van der Waals surface area contributed by atoms with Gasteiger partial charge in [0, 0.05) is 13.1 Å². The fraction of sp³-hybridized carbons (Fsp3) is 0.562. The van der Waals surface area contributed by atoms with Crippen LogP contribution < -0.4 is 0 Å². The van der Waals surface area contributed by atoms with Crippen molar-refractivity contribution in [3.8, 4) is 0 Å². The molecule has 0 spiro atoms. The Kier molecular flexibility index (Phi) is 4.43. The van der Waals surface area contributed by atoms with Gasteiger partial charge in [0.2, 0.25) is 0 Å². The standard InChI is InChI=1S/C16H22FNO2/c1-3-6-16(15(19)20)7-8-18(11-16)10-13-4-5-14(17)12(2)9-13/h4-5,9H,3,6-8,10-11H2,1-2H3,(H,19,20). The molecule has 0 saturated carbocycles. The van der Waals surface area contributed by atoms with Crippen molar-refractivity contribution in [2.45, 2.75) is 39.7 Å². The van der Waals surface area contributed by atoms with Gasteiger partial charge >= 0.3 is 5.97 Å². The molecule has 0 aromatic heterocycles. The van der Waals surface area contributed by atoms with Gasteiger partial charge in [-0.3, -0.25) is 9.69 Å². The summed E-state index contributed by atoms with van der Waals surface area (Å²) in [6.07, 6.45) is 2.31. The lowest BCUT2D eigenvalue weighted by molar-refractivity contribution is -0.148. The van der Waals surface area contributed by atoms with Gasteiger partial charge in [-0.2, -0.15) is 0 Å². The molecule has 110 valence electrons. The Morgan fingerprint density at radius 2 is 2.25 bits per heavy atom. The molecule has 3 nitrogen and oxygen atoms in total. The Hall–Kier alpha value is -1.42. The number of halogens is 1. The summed E-state index contributed by atoms with van der Waals surface area (Å²) in [4.78, 5) is 13.7. The van der Waals surface area contributed by atoms with Crippen LogP contribution in [0.2, 0.25) is 0 Å². The molecule has 0 radical (unpaired) electrons. The minimum absolute atomic E-state index is 0.193. The van der Waals surface area contributed by atoms with E-state index in [4.69, 9.17) is 0 Å². The number of carboxylic acid groups (broad SMARTS) is 1. The van der Waals surface area contributed by atoms with Gasteiger partial charge in [-0.25, -0.2) is 4.39 Å². The second kappa shape index (κ2) is 5.92. The Morgan fingerprint density at radius 3 is 2.85 bits per heavy atom. The molecule has 1 aromatic rings. The van der Waals surface area contributed by atoms with Crippen molar-refractivity contribution >= 4 is 5.97 Å². The molecule has 1 heterocycles. The summed E-state index contributed by atoms with van der Waals surface area (Å²) >= 11 is 0. The summed E-state index contributed by atoms with van der Waals surface area (Å²) in [7, 11) is 0. The summed E-state index contributed by atoms with van der Waals surface area (Å²) in [6.45, 7) is 5.85. The molecule has 0 bridgehead atoms. The van der Waals surface area contributed by atoms with E-state index in [0.717, 1.165) is 24.9 Å². The molecule has 1 aliphatic rings. The summed E-state index contributed by atoms with van der Waals surface area (Å²) in [5.41, 5.74) is 1.09. The van der Waals surface area contributed by atoms with Gasteiger partial charge in [0.1, 0.15) is 5.82 Å². The Bertz CT molecular complexity index is 503. The highest BCUT2D eigenvalue weighted by Crippen LogP contribution is 2.36. The molecule has 1 unspecified atom stereocenters. The van der Waals surface area contributed by atoms with Gasteiger partial charge < -0.3 is 5.11 Å². The molecule has 1 aromatic carbocycles. The first-order valence-corrected chi connectivity index (χ1v) is 7.17. The van der Waals surface area contributed by atoms with Crippen molar-refractivity contribution < 1.29 is 14.3 Å². The van der Waals surface area contributed by atoms with Crippen molar-refractivity contribution in [3.63, 3.8) is 0 Å². The van der Waals surface area contributed by atoms with Crippen LogP contribution >= 0.6 is 0 Å². The molecule has 0 amide bonds. The number of rotatable bonds is 5. The molecule has 1 atom stereocenters. The molecule has 1 saturated heterocycles. The van der Waals surface area contributed by atoms with Gasteiger partial charge in [-0.05, 0) is 43.5 Å². The number of benzene rings is 1. The molecule has 2 rings (SSSR count). The van der Waals surface area contributed by atoms with Crippen molar-refractivity contribution in [1.29, 1.82) is 0 Å². The van der Waals surface area contributed by atoms with Crippen molar-refractivity contribution in [1.82, 2.24) is 4.90 Å². The minimum atomic E-state index is -0.683. The van der Waals surface area contributed by atoms with Gasteiger partial charge in [-0.15, -0.1) is 0 Å². The van der Waals surface area contributed by atoms with Crippen LogP contribution in [0.3, 0.4) is 0 Å². The van der Waals surface area contributed by atoms with Crippen molar-refractivity contribution in [2.75, 3.05) is 13.1 Å². The number of nitrogens with zero attached hydrogens (tertiary/aromatic N) is 1. The number of hydrogen-bond acceptors (Lipinski definition) is 2. The summed E-state index contributed by atoms with van der Waals surface area (Å²) < 4.78 is 13.3. The molecule has 1 fully saturated rings. The lowest BCUT2D eigenvalue weighted by Gasteiger charge is -2.24. The molecule has 0 aliphatic carbocycles. The number of aryl methyl sites for hydroxylation is 1. The fourth-order valence-corrected chi connectivity index (χ4v) is 3.12. The van der Waals surface area contributed by atoms with E-state index in [1.165, 1.54) is 6.07 Å². The quantitative estimate of drug-likeness (QED) is 0.899. The van der Waals surface area contributed by atoms with E-state index in [1.54, 1.807) is 13.0 Å². The third-order valence-corrected chi connectivity index (χ3v) is 4.24. The predicted molar refractivity (Wildman–Crippen MR) is 76.0 cm³/mol. The molecule has 20 heavy (non-hydrogen) atoms. The molecule has 4 heteroatoms. The summed E-state index contributed by atoms with van der Waals surface area (Å²) in [5.74, 6) is -0.877. The zero-order chi connectivity index (χ0) is 14.8. The molecule has 1 N–H and O–H groups in total. The maximum Gasteiger partial charge on any atom is 0.310 e. The molecule has 1 aliphatic heterocycles. The van der Waals surface area contributed by atoms with E-state index < -0.39 is 11.4 Å². The zero-order valence-corrected chi connectivity index (χ0v) is 12.2. The van der Waals surface area contributed by atoms with E-state index in [9.17, 15) is 14.3 Å². The van der Waals surface area contributed by atoms with Crippen molar-refractivity contribution in [2.24, 2.45) is 5.41 Å². The molecular formula is C16H22FNO2. The third-order valence-electron chi connectivity index (χ3n) is 4.24. The number of likely N-dealkylation sites (tertiary alicyclic amines) is 1. The average molecular weight is 279 g/mol. The number of carboxylic acids is 1. The first kappa shape index (κ1) is 15.0. The fourth-order valence-electron chi connectivity index (χ4n) is 3.12. The van der Waals surface area contributed by atoms with Crippen LogP contribution in [0, 0.1) is 18.2 Å². The Balaban J connectivity index is 2.05. The SMILES string of the molecule is CCCC1(C(=O)O)CCN(Cc2ccc(F)c(C)c2)C1. The first-order valence-electron chi connectivity index (χ1n) is 7.17. The van der Waals surface area contributed by atoms with Crippen molar-refractivity contribution in [3.05, 3.63) is 35.1 Å². The highest BCUT2D eigenvalue weighted by atomic mass is 19.1. The smallest absolute Gasteiger partial charge is 0.310 e. The van der Waals surface area contributed by atoms with Crippen LogP contribution in [0.4, 0.5) is 4.39 Å². The van der Waals surface area contributed by atoms with Gasteiger partial charge in [0.15, 0.2) is 0 Å². The lowest BCUT2D eigenvalue weighted by atomic mass is 9.83. The second-order valence-electron chi connectivity index (χ2n) is 5.88. The Labute approximate surface area is 119 Å². The van der Waals surface area contributed by atoms with E-state index >= 15 is 0 Å².